The first kappa shape index (κ1) is 8.35. The van der Waals surface area contributed by atoms with Crippen LogP contribution in [0.15, 0.2) is 0 Å². The number of rotatable bonds is 5. The molecule has 5 nitrogen and oxygen atoms in total. The van der Waals surface area contributed by atoms with Crippen molar-refractivity contribution in [1.82, 2.24) is 4.90 Å². The molecule has 0 aromatic carbocycles. The van der Waals surface area contributed by atoms with Crippen LogP contribution < -0.4 is 0 Å². The average Bonchev–Trinajstić information content (AvgIpc) is 2.05. The predicted molar refractivity (Wildman–Crippen MR) is 56.6 cm³/mol. The fraction of sp³-hybridized carbons (Fsp3) is 0.900. The molecule has 0 aliphatic carbocycles. The van der Waals surface area contributed by atoms with Crippen LogP contribution in [0.25, 0.3) is 0 Å². The number of carbonyl (C=O) groups excluding carboxylic acids is 1. The molecule has 0 rings (SSSR count). The van der Waals surface area contributed by atoms with Gasteiger partial charge in [0.1, 0.15) is 5.60 Å². The van der Waals surface area contributed by atoms with Crippen LogP contribution in [0.2, 0.25) is 0 Å². The van der Waals surface area contributed by atoms with E-state index < -0.39 is 37.8 Å². The maximum atomic E-state index is 11.8. The van der Waals surface area contributed by atoms with Crippen LogP contribution in [0.1, 0.15) is 32.7 Å². The fourth-order valence-corrected chi connectivity index (χ4v) is 0.832. The molecule has 0 unspecified atom stereocenters. The Kier molecular flexibility index (Phi) is 3.69. The number of aliphatic hydroxyl groups is 2. The van der Waals surface area contributed by atoms with Crippen LogP contribution in [-0.4, -0.2) is 53.0 Å². The molecule has 0 saturated carbocycles. The monoisotopic (exact) mass is 223 g/mol. The minimum Gasteiger partial charge on any atom is -0.444 e. The van der Waals surface area contributed by atoms with Crippen LogP contribution in [0.3, 0.4) is 0 Å². The molecule has 0 fully saturated rings. The Balaban J connectivity index is 4.72. The molecule has 0 aromatic rings. The van der Waals surface area contributed by atoms with Gasteiger partial charge in [0.15, 0.2) is 0 Å². The van der Waals surface area contributed by atoms with E-state index in [-0.39, 0.29) is 6.54 Å². The second-order valence-electron chi connectivity index (χ2n) is 3.97. The third-order valence-electron chi connectivity index (χ3n) is 1.41. The lowest BCUT2D eigenvalue weighted by molar-refractivity contribution is 0.0209. The Morgan fingerprint density at radius 1 is 1.33 bits per heavy atom. The van der Waals surface area contributed by atoms with E-state index in [9.17, 15) is 4.79 Å². The van der Waals surface area contributed by atoms with E-state index in [0.717, 1.165) is 4.90 Å². The normalized spacial score (nSPS) is 17.1. The molecule has 0 aliphatic rings. The summed E-state index contributed by atoms with van der Waals surface area (Å²) in [6.45, 7) is -1.18. The number of nitrogens with zero attached hydrogens (tertiary/aromatic N) is 1. The van der Waals surface area contributed by atoms with Crippen LogP contribution >= 0.6 is 0 Å². The van der Waals surface area contributed by atoms with Crippen LogP contribution in [-0.2, 0) is 4.74 Å². The van der Waals surface area contributed by atoms with Crippen molar-refractivity contribution < 1.29 is 25.2 Å². The van der Waals surface area contributed by atoms with E-state index in [1.807, 2.05) is 0 Å². The third-order valence-corrected chi connectivity index (χ3v) is 1.41. The number of carbonyl (C=O) groups is 1. The third kappa shape index (κ3) is 7.16. The Labute approximate surface area is 96.3 Å². The molecule has 1 amide bonds. The van der Waals surface area contributed by atoms with Gasteiger partial charge in [-0.3, -0.25) is 0 Å². The van der Waals surface area contributed by atoms with Crippen LogP contribution in [0.5, 0.6) is 0 Å². The van der Waals surface area contributed by atoms with Gasteiger partial charge < -0.3 is 19.8 Å². The Hall–Kier alpha value is -0.810. The minimum atomic E-state index is -2.63. The van der Waals surface area contributed by atoms with Crippen molar-refractivity contribution in [3.8, 4) is 0 Å². The lowest BCUT2D eigenvalue weighted by Gasteiger charge is -2.26. The van der Waals surface area contributed by atoms with Gasteiger partial charge in [-0.25, -0.2) is 4.79 Å². The van der Waals surface area contributed by atoms with Crippen LogP contribution in [0, 0.1) is 0 Å². The average molecular weight is 223 g/mol. The standard InChI is InChI=1S/C10H21NO4/c1-10(2,3)15-9(14)11(6-8-13)5-4-7-12/h12-13H,4-8H2,1-3H3/i7D2,8D2. The van der Waals surface area contributed by atoms with Gasteiger partial charge >= 0.3 is 6.09 Å². The quantitative estimate of drug-likeness (QED) is 0.716. The van der Waals surface area contributed by atoms with E-state index in [4.69, 9.17) is 20.4 Å². The molecular weight excluding hydrogens is 198 g/mol. The second-order valence-corrected chi connectivity index (χ2v) is 3.97. The molecule has 0 heterocycles. The van der Waals surface area contributed by atoms with Crippen molar-refractivity contribution >= 4 is 6.09 Å². The molecule has 0 aromatic heterocycles. The SMILES string of the molecule is [2H]C([2H])(O)CCN(CC([2H])([2H])O)C(=O)OC(C)(C)C. The van der Waals surface area contributed by atoms with Crippen molar-refractivity contribution in [2.75, 3.05) is 26.2 Å². The summed E-state index contributed by atoms with van der Waals surface area (Å²) < 4.78 is 33.0. The fourth-order valence-electron chi connectivity index (χ4n) is 0.832. The van der Waals surface area contributed by atoms with Gasteiger partial charge in [-0.05, 0) is 27.2 Å². The van der Waals surface area contributed by atoms with Gasteiger partial charge in [-0.15, -0.1) is 0 Å². The van der Waals surface area contributed by atoms with Crippen molar-refractivity contribution in [3.05, 3.63) is 0 Å². The summed E-state index contributed by atoms with van der Waals surface area (Å²) in [7, 11) is 0. The van der Waals surface area contributed by atoms with Gasteiger partial charge in [-0.2, -0.15) is 0 Å². The maximum Gasteiger partial charge on any atom is 0.410 e. The molecule has 0 spiro atoms. The topological polar surface area (TPSA) is 70.0 Å². The van der Waals surface area contributed by atoms with Gasteiger partial charge in [-0.1, -0.05) is 0 Å². The number of hydrogen-bond acceptors (Lipinski definition) is 4. The van der Waals surface area contributed by atoms with Gasteiger partial charge in [0, 0.05) is 19.6 Å². The molecular formula is C10H21NO4. The summed E-state index contributed by atoms with van der Waals surface area (Å²) in [6, 6.07) is 0. The second kappa shape index (κ2) is 6.63. The molecule has 0 radical (unpaired) electrons. The van der Waals surface area contributed by atoms with E-state index >= 15 is 0 Å². The summed E-state index contributed by atoms with van der Waals surface area (Å²) in [5.74, 6) is 0. The zero-order valence-electron chi connectivity index (χ0n) is 13.3. The summed E-state index contributed by atoms with van der Waals surface area (Å²) in [4.78, 5) is 12.6. The van der Waals surface area contributed by atoms with Crippen molar-refractivity contribution in [2.45, 2.75) is 32.8 Å². The number of ether oxygens (including phenoxy) is 1. The first-order valence-electron chi connectivity index (χ1n) is 6.62. The highest BCUT2D eigenvalue weighted by Crippen LogP contribution is 2.09. The lowest BCUT2D eigenvalue weighted by atomic mass is 10.2. The van der Waals surface area contributed by atoms with Crippen molar-refractivity contribution in [1.29, 1.82) is 0 Å². The molecule has 5 heteroatoms. The van der Waals surface area contributed by atoms with E-state index in [1.54, 1.807) is 20.8 Å². The van der Waals surface area contributed by atoms with Crippen LogP contribution in [0.4, 0.5) is 4.79 Å². The van der Waals surface area contributed by atoms with E-state index in [0.29, 0.717) is 0 Å². The molecule has 90 valence electrons. The zero-order chi connectivity index (χ0) is 15.5. The molecule has 0 saturated heterocycles. The maximum absolute atomic E-state index is 11.8. The highest BCUT2D eigenvalue weighted by Gasteiger charge is 2.21. The molecule has 15 heavy (non-hydrogen) atoms. The van der Waals surface area contributed by atoms with Crippen molar-refractivity contribution in [2.24, 2.45) is 0 Å². The summed E-state index contributed by atoms with van der Waals surface area (Å²) in [5, 5.41) is 18.1. The summed E-state index contributed by atoms with van der Waals surface area (Å²) in [5.41, 5.74) is -0.796. The zero-order valence-corrected chi connectivity index (χ0v) is 9.28. The van der Waals surface area contributed by atoms with Gasteiger partial charge in [0.25, 0.3) is 0 Å². The summed E-state index contributed by atoms with van der Waals surface area (Å²) in [6.07, 6.45) is -1.29. The van der Waals surface area contributed by atoms with Crippen molar-refractivity contribution in [3.63, 3.8) is 0 Å². The molecule has 0 bridgehead atoms. The Morgan fingerprint density at radius 3 is 2.33 bits per heavy atom. The first-order valence-corrected chi connectivity index (χ1v) is 4.62. The highest BCUT2D eigenvalue weighted by atomic mass is 16.6. The Bertz CT molecular complexity index is 306. The number of amides is 1. The largest absolute Gasteiger partial charge is 0.444 e. The number of hydrogen-bond donors (Lipinski definition) is 2. The minimum absolute atomic E-state index is 0.279. The van der Waals surface area contributed by atoms with Gasteiger partial charge in [0.2, 0.25) is 0 Å². The smallest absolute Gasteiger partial charge is 0.410 e. The molecule has 2 N–H and O–H groups in total. The van der Waals surface area contributed by atoms with E-state index in [1.165, 1.54) is 0 Å². The lowest BCUT2D eigenvalue weighted by Crippen LogP contribution is -2.39. The Morgan fingerprint density at radius 2 is 1.93 bits per heavy atom. The highest BCUT2D eigenvalue weighted by molar-refractivity contribution is 5.68. The predicted octanol–water partition coefficient (Wildman–Crippen LogP) is 0.598. The first-order chi connectivity index (χ1) is 8.20. The van der Waals surface area contributed by atoms with E-state index in [2.05, 4.69) is 0 Å². The van der Waals surface area contributed by atoms with Gasteiger partial charge in [0.05, 0.1) is 12.0 Å². The summed E-state index contributed by atoms with van der Waals surface area (Å²) >= 11 is 0. The molecule has 0 atom stereocenters. The molecule has 0 aliphatic heterocycles.